The Labute approximate surface area is 99.4 Å². The van der Waals surface area contributed by atoms with Gasteiger partial charge in [0.25, 0.3) is 0 Å². The summed E-state index contributed by atoms with van der Waals surface area (Å²) >= 11 is 0. The Morgan fingerprint density at radius 1 is 1.06 bits per heavy atom. The molecule has 5 heteroatoms. The number of alkyl halides is 3. The molecule has 1 aromatic rings. The summed E-state index contributed by atoms with van der Waals surface area (Å²) in [5.74, 6) is 0. The van der Waals surface area contributed by atoms with Gasteiger partial charge < -0.3 is 10.2 Å². The van der Waals surface area contributed by atoms with Crippen molar-refractivity contribution in [3.05, 3.63) is 29.8 Å². The van der Waals surface area contributed by atoms with E-state index in [4.69, 9.17) is 0 Å². The van der Waals surface area contributed by atoms with Gasteiger partial charge in [-0.1, -0.05) is 12.1 Å². The fourth-order valence-electron chi connectivity index (χ4n) is 1.54. The first-order valence-electron chi connectivity index (χ1n) is 5.26. The van der Waals surface area contributed by atoms with Crippen LogP contribution in [-0.4, -0.2) is 27.3 Å². The van der Waals surface area contributed by atoms with E-state index in [2.05, 4.69) is 5.32 Å². The zero-order valence-electron chi connectivity index (χ0n) is 10.4. The van der Waals surface area contributed by atoms with Crippen LogP contribution in [-0.2, 0) is 5.54 Å². The molecular weight excluding hydrogens is 229 g/mol. The van der Waals surface area contributed by atoms with Crippen LogP contribution in [0.15, 0.2) is 24.3 Å². The van der Waals surface area contributed by atoms with Crippen LogP contribution in [0.1, 0.15) is 12.5 Å². The van der Waals surface area contributed by atoms with Crippen LogP contribution in [0.25, 0.3) is 0 Å². The van der Waals surface area contributed by atoms with Crippen molar-refractivity contribution in [1.82, 2.24) is 5.32 Å². The first-order valence-corrected chi connectivity index (χ1v) is 5.26. The van der Waals surface area contributed by atoms with Gasteiger partial charge in [0.2, 0.25) is 0 Å². The lowest BCUT2D eigenvalue weighted by Gasteiger charge is -2.32. The summed E-state index contributed by atoms with van der Waals surface area (Å²) in [7, 11) is 5.00. The molecule has 0 aliphatic heterocycles. The van der Waals surface area contributed by atoms with E-state index >= 15 is 0 Å². The van der Waals surface area contributed by atoms with Crippen molar-refractivity contribution >= 4 is 5.69 Å². The predicted octanol–water partition coefficient (Wildman–Crippen LogP) is 2.75. The molecule has 0 saturated carbocycles. The number of halogens is 3. The van der Waals surface area contributed by atoms with E-state index in [0.717, 1.165) is 12.6 Å². The average Bonchev–Trinajstić information content (AvgIpc) is 2.26. The van der Waals surface area contributed by atoms with Gasteiger partial charge in [-0.3, -0.25) is 0 Å². The number of hydrogen-bond acceptors (Lipinski definition) is 2. The summed E-state index contributed by atoms with van der Waals surface area (Å²) in [6, 6.07) is 6.35. The van der Waals surface area contributed by atoms with E-state index in [-0.39, 0.29) is 5.56 Å². The molecule has 96 valence electrons. The monoisotopic (exact) mass is 246 g/mol. The third-order valence-corrected chi connectivity index (χ3v) is 3.03. The molecule has 0 fully saturated rings. The van der Waals surface area contributed by atoms with Gasteiger partial charge in [0.05, 0.1) is 0 Å². The van der Waals surface area contributed by atoms with Gasteiger partial charge >= 0.3 is 6.18 Å². The van der Waals surface area contributed by atoms with Crippen LogP contribution < -0.4 is 10.2 Å². The van der Waals surface area contributed by atoms with E-state index in [1.165, 1.54) is 19.2 Å². The number of nitrogens with zero attached hydrogens (tertiary/aromatic N) is 1. The minimum atomic E-state index is -4.33. The molecule has 1 aromatic carbocycles. The Balaban J connectivity index is 3.14. The van der Waals surface area contributed by atoms with Crippen molar-refractivity contribution in [1.29, 1.82) is 0 Å². The topological polar surface area (TPSA) is 15.3 Å². The lowest BCUT2D eigenvalue weighted by molar-refractivity contribution is -0.193. The lowest BCUT2D eigenvalue weighted by Crippen LogP contribution is -2.49. The summed E-state index contributed by atoms with van der Waals surface area (Å²) in [6.07, 6.45) is -4.33. The highest BCUT2D eigenvalue weighted by atomic mass is 19.4. The second kappa shape index (κ2) is 4.56. The van der Waals surface area contributed by atoms with Crippen molar-refractivity contribution in [3.8, 4) is 0 Å². The fraction of sp³-hybridized carbons (Fsp3) is 0.500. The second-order valence-electron chi connectivity index (χ2n) is 4.31. The van der Waals surface area contributed by atoms with Crippen LogP contribution in [0.5, 0.6) is 0 Å². The van der Waals surface area contributed by atoms with Crippen molar-refractivity contribution in [2.24, 2.45) is 0 Å². The first kappa shape index (κ1) is 13.8. The zero-order chi connectivity index (χ0) is 13.3. The third-order valence-electron chi connectivity index (χ3n) is 3.03. The van der Waals surface area contributed by atoms with Crippen LogP contribution in [0.3, 0.4) is 0 Å². The summed E-state index contributed by atoms with van der Waals surface area (Å²) in [6.45, 7) is 1.14. The Hall–Kier alpha value is -1.23. The summed E-state index contributed by atoms with van der Waals surface area (Å²) in [4.78, 5) is 1.84. The molecular formula is C12H17F3N2. The Morgan fingerprint density at radius 2 is 1.53 bits per heavy atom. The van der Waals surface area contributed by atoms with Crippen LogP contribution >= 0.6 is 0 Å². The molecule has 1 rings (SSSR count). The maximum atomic E-state index is 13.0. The maximum Gasteiger partial charge on any atom is 0.410 e. The number of hydrogen-bond donors (Lipinski definition) is 1. The summed E-state index contributed by atoms with van der Waals surface area (Å²) in [5.41, 5.74) is -0.940. The van der Waals surface area contributed by atoms with Gasteiger partial charge in [-0.05, 0) is 31.7 Å². The van der Waals surface area contributed by atoms with Gasteiger partial charge in [-0.15, -0.1) is 0 Å². The standard InChI is InChI=1S/C12H17F3N2/c1-11(16-2,12(13,14)15)9-5-7-10(8-6-9)17(3)4/h5-8,16H,1-4H3. The van der Waals surface area contributed by atoms with Crippen LogP contribution in [0, 0.1) is 0 Å². The van der Waals surface area contributed by atoms with Gasteiger partial charge in [0.1, 0.15) is 5.54 Å². The van der Waals surface area contributed by atoms with Crippen molar-refractivity contribution in [2.45, 2.75) is 18.6 Å². The van der Waals surface area contributed by atoms with Crippen LogP contribution in [0.4, 0.5) is 18.9 Å². The van der Waals surface area contributed by atoms with Gasteiger partial charge in [0.15, 0.2) is 0 Å². The van der Waals surface area contributed by atoms with Crippen LogP contribution in [0.2, 0.25) is 0 Å². The molecule has 0 aliphatic carbocycles. The van der Waals surface area contributed by atoms with Crippen molar-refractivity contribution in [3.63, 3.8) is 0 Å². The molecule has 0 heterocycles. The normalized spacial score (nSPS) is 15.5. The summed E-state index contributed by atoms with van der Waals surface area (Å²) in [5, 5.41) is 2.34. The molecule has 0 amide bonds. The molecule has 17 heavy (non-hydrogen) atoms. The van der Waals surface area contributed by atoms with E-state index < -0.39 is 11.7 Å². The Kier molecular flexibility index (Phi) is 3.71. The number of benzene rings is 1. The van der Waals surface area contributed by atoms with E-state index in [1.807, 2.05) is 19.0 Å². The molecule has 0 aromatic heterocycles. The Morgan fingerprint density at radius 3 is 1.82 bits per heavy atom. The highest BCUT2D eigenvalue weighted by molar-refractivity contribution is 5.47. The van der Waals surface area contributed by atoms with Gasteiger partial charge in [0, 0.05) is 19.8 Å². The second-order valence-corrected chi connectivity index (χ2v) is 4.31. The Bertz CT molecular complexity index is 370. The van der Waals surface area contributed by atoms with E-state index in [0.29, 0.717) is 0 Å². The maximum absolute atomic E-state index is 13.0. The molecule has 1 unspecified atom stereocenters. The minimum absolute atomic E-state index is 0.207. The summed E-state index contributed by atoms with van der Waals surface area (Å²) < 4.78 is 38.9. The van der Waals surface area contributed by atoms with Crippen molar-refractivity contribution < 1.29 is 13.2 Å². The number of anilines is 1. The number of nitrogens with one attached hydrogen (secondary N) is 1. The minimum Gasteiger partial charge on any atom is -0.378 e. The molecule has 0 spiro atoms. The highest BCUT2D eigenvalue weighted by Gasteiger charge is 2.51. The molecule has 0 saturated heterocycles. The molecule has 1 atom stereocenters. The number of rotatable bonds is 3. The SMILES string of the molecule is CNC(C)(c1ccc(N(C)C)cc1)C(F)(F)F. The largest absolute Gasteiger partial charge is 0.410 e. The molecule has 0 radical (unpaired) electrons. The van der Waals surface area contributed by atoms with E-state index in [9.17, 15) is 13.2 Å². The molecule has 2 nitrogen and oxygen atoms in total. The van der Waals surface area contributed by atoms with Gasteiger partial charge in [-0.2, -0.15) is 13.2 Å². The molecule has 1 N–H and O–H groups in total. The fourth-order valence-corrected chi connectivity index (χ4v) is 1.54. The zero-order valence-corrected chi connectivity index (χ0v) is 10.4. The molecule has 0 aliphatic rings. The van der Waals surface area contributed by atoms with Gasteiger partial charge in [-0.25, -0.2) is 0 Å². The third kappa shape index (κ3) is 2.54. The lowest BCUT2D eigenvalue weighted by atomic mass is 9.91. The average molecular weight is 246 g/mol. The van der Waals surface area contributed by atoms with Crippen molar-refractivity contribution in [2.75, 3.05) is 26.0 Å². The molecule has 0 bridgehead atoms. The highest BCUT2D eigenvalue weighted by Crippen LogP contribution is 2.38. The first-order chi connectivity index (χ1) is 7.72. The van der Waals surface area contributed by atoms with E-state index in [1.54, 1.807) is 12.1 Å². The quantitative estimate of drug-likeness (QED) is 0.882. The predicted molar refractivity (Wildman–Crippen MR) is 63.2 cm³/mol. The smallest absolute Gasteiger partial charge is 0.378 e.